The molecule has 1 heterocycles. The Bertz CT molecular complexity index is 1550. The first-order valence-corrected chi connectivity index (χ1v) is 13.5. The standard InChI is InChI=1S/C28H24F5NO5S/c1-3-18-6-4-5-7-24(18)34-13-12-19-16-20(39-40(36,37)28(31,32)33)9-10-21(19)27(34)26-22(29)14-17(15-23(26)30)8-11-25(35)38-2/h4-11,14-16,27H,3,12-13H2,1-2H3/b11-8+. The van der Waals surface area contributed by atoms with Gasteiger partial charge in [-0.1, -0.05) is 31.2 Å². The summed E-state index contributed by atoms with van der Waals surface area (Å²) in [6.45, 7) is 2.15. The molecule has 1 aliphatic rings. The van der Waals surface area contributed by atoms with E-state index in [-0.39, 0.29) is 24.1 Å². The first-order valence-electron chi connectivity index (χ1n) is 12.1. The molecule has 0 aliphatic carbocycles. The zero-order chi connectivity index (χ0) is 29.2. The largest absolute Gasteiger partial charge is 0.534 e. The zero-order valence-electron chi connectivity index (χ0n) is 21.3. The summed E-state index contributed by atoms with van der Waals surface area (Å²) in [7, 11) is -4.75. The number of methoxy groups -OCH3 is 1. The molecule has 40 heavy (non-hydrogen) atoms. The number of aryl methyl sites for hydroxylation is 1. The summed E-state index contributed by atoms with van der Waals surface area (Å²) in [4.78, 5) is 13.2. The molecule has 1 atom stereocenters. The molecule has 0 fully saturated rings. The van der Waals surface area contributed by atoms with Gasteiger partial charge in [-0.25, -0.2) is 13.6 Å². The minimum Gasteiger partial charge on any atom is -0.466 e. The maximum atomic E-state index is 15.7. The number of esters is 1. The number of carbonyl (C=O) groups is 1. The molecule has 0 saturated heterocycles. The molecule has 6 nitrogen and oxygen atoms in total. The van der Waals surface area contributed by atoms with E-state index in [2.05, 4.69) is 8.92 Å². The SMILES string of the molecule is CCc1ccccc1N1CCc2cc(OS(=O)(=O)C(F)(F)F)ccc2C1c1c(F)cc(/C=C/C(=O)OC)cc1F. The lowest BCUT2D eigenvalue weighted by atomic mass is 9.86. The lowest BCUT2D eigenvalue weighted by Gasteiger charge is -2.40. The van der Waals surface area contributed by atoms with Gasteiger partial charge >= 0.3 is 21.6 Å². The minimum atomic E-state index is -5.91. The van der Waals surface area contributed by atoms with Crippen molar-refractivity contribution in [2.45, 2.75) is 31.3 Å². The summed E-state index contributed by atoms with van der Waals surface area (Å²) in [5.74, 6) is -3.11. The predicted molar refractivity (Wildman–Crippen MR) is 138 cm³/mol. The molecule has 212 valence electrons. The fourth-order valence-electron chi connectivity index (χ4n) is 4.68. The monoisotopic (exact) mass is 581 g/mol. The maximum Gasteiger partial charge on any atom is 0.534 e. The number of ether oxygens (including phenoxy) is 1. The van der Waals surface area contributed by atoms with E-state index >= 15 is 8.78 Å². The van der Waals surface area contributed by atoms with Gasteiger partial charge in [-0.05, 0) is 71.5 Å². The summed E-state index contributed by atoms with van der Waals surface area (Å²) in [6.07, 6.45) is 3.07. The van der Waals surface area contributed by atoms with Crippen LogP contribution in [-0.4, -0.2) is 33.5 Å². The Kier molecular flexibility index (Phi) is 8.20. The zero-order valence-corrected chi connectivity index (χ0v) is 22.2. The average Bonchev–Trinajstić information content (AvgIpc) is 2.90. The topological polar surface area (TPSA) is 72.9 Å². The van der Waals surface area contributed by atoms with Gasteiger partial charge in [0.1, 0.15) is 17.4 Å². The van der Waals surface area contributed by atoms with Crippen LogP contribution >= 0.6 is 0 Å². The van der Waals surface area contributed by atoms with Crippen molar-refractivity contribution >= 4 is 27.9 Å². The van der Waals surface area contributed by atoms with Crippen LogP contribution in [0, 0.1) is 11.6 Å². The number of alkyl halides is 3. The van der Waals surface area contributed by atoms with E-state index in [1.807, 2.05) is 25.1 Å². The number of nitrogens with zero attached hydrogens (tertiary/aromatic N) is 1. The third-order valence-corrected chi connectivity index (χ3v) is 7.48. The van der Waals surface area contributed by atoms with Gasteiger partial charge < -0.3 is 13.8 Å². The third kappa shape index (κ3) is 5.81. The predicted octanol–water partition coefficient (Wildman–Crippen LogP) is 6.09. The molecule has 4 rings (SSSR count). The molecule has 0 aromatic heterocycles. The van der Waals surface area contributed by atoms with Crippen LogP contribution in [0.3, 0.4) is 0 Å². The highest BCUT2D eigenvalue weighted by Crippen LogP contribution is 2.43. The molecule has 0 saturated carbocycles. The van der Waals surface area contributed by atoms with E-state index in [9.17, 15) is 26.4 Å². The Morgan fingerprint density at radius 1 is 1.07 bits per heavy atom. The number of benzene rings is 3. The second kappa shape index (κ2) is 11.3. The van der Waals surface area contributed by atoms with Crippen LogP contribution in [0.1, 0.15) is 40.8 Å². The van der Waals surface area contributed by atoms with Gasteiger partial charge in [0.2, 0.25) is 0 Å². The third-order valence-electron chi connectivity index (χ3n) is 6.50. The van der Waals surface area contributed by atoms with Crippen LogP contribution in [-0.2, 0) is 32.5 Å². The fourth-order valence-corrected chi connectivity index (χ4v) is 5.14. The van der Waals surface area contributed by atoms with Crippen LogP contribution in [0.15, 0.2) is 60.7 Å². The summed E-state index contributed by atoms with van der Waals surface area (Å²) >= 11 is 0. The number of fused-ring (bicyclic) bond motifs is 1. The van der Waals surface area contributed by atoms with Crippen LogP contribution in [0.2, 0.25) is 0 Å². The fraction of sp³-hybridized carbons (Fsp3) is 0.250. The molecule has 1 aliphatic heterocycles. The van der Waals surface area contributed by atoms with Crippen molar-refractivity contribution in [3.05, 3.63) is 100 Å². The van der Waals surface area contributed by atoms with Gasteiger partial charge in [0, 0.05) is 18.3 Å². The van der Waals surface area contributed by atoms with Gasteiger partial charge in [-0.2, -0.15) is 21.6 Å². The van der Waals surface area contributed by atoms with Crippen LogP contribution in [0.4, 0.5) is 27.6 Å². The molecular formula is C28H24F5NO5S. The molecule has 3 aromatic rings. The highest BCUT2D eigenvalue weighted by Gasteiger charge is 2.48. The van der Waals surface area contributed by atoms with E-state index < -0.39 is 45.0 Å². The average molecular weight is 582 g/mol. The lowest BCUT2D eigenvalue weighted by Crippen LogP contribution is -2.38. The molecule has 0 bridgehead atoms. The lowest BCUT2D eigenvalue weighted by molar-refractivity contribution is -0.134. The van der Waals surface area contributed by atoms with Crippen molar-refractivity contribution in [3.63, 3.8) is 0 Å². The highest BCUT2D eigenvalue weighted by molar-refractivity contribution is 7.88. The van der Waals surface area contributed by atoms with Crippen molar-refractivity contribution in [1.29, 1.82) is 0 Å². The van der Waals surface area contributed by atoms with Crippen molar-refractivity contribution in [1.82, 2.24) is 0 Å². The van der Waals surface area contributed by atoms with Crippen LogP contribution in [0.5, 0.6) is 5.75 Å². The van der Waals surface area contributed by atoms with Gasteiger partial charge in [0.25, 0.3) is 0 Å². The van der Waals surface area contributed by atoms with Gasteiger partial charge in [-0.3, -0.25) is 0 Å². The Morgan fingerprint density at radius 2 is 1.75 bits per heavy atom. The Hall–Kier alpha value is -3.93. The molecule has 0 N–H and O–H groups in total. The molecule has 3 aromatic carbocycles. The number of rotatable bonds is 7. The molecule has 0 radical (unpaired) electrons. The van der Waals surface area contributed by atoms with Gasteiger partial charge in [0.05, 0.1) is 18.7 Å². The number of anilines is 1. The van der Waals surface area contributed by atoms with Crippen molar-refractivity contribution in [3.8, 4) is 5.75 Å². The second-order valence-electron chi connectivity index (χ2n) is 8.93. The van der Waals surface area contributed by atoms with Crippen molar-refractivity contribution < 1.29 is 44.1 Å². The van der Waals surface area contributed by atoms with Crippen LogP contribution in [0.25, 0.3) is 6.08 Å². The van der Waals surface area contributed by atoms with Crippen LogP contribution < -0.4 is 9.08 Å². The summed E-state index contributed by atoms with van der Waals surface area (Å²) < 4.78 is 102. The summed E-state index contributed by atoms with van der Waals surface area (Å²) in [5, 5.41) is 0. The molecular weight excluding hydrogens is 557 g/mol. The maximum absolute atomic E-state index is 15.7. The number of hydrogen-bond donors (Lipinski definition) is 0. The number of hydrogen-bond acceptors (Lipinski definition) is 6. The van der Waals surface area contributed by atoms with E-state index in [0.717, 1.165) is 43.0 Å². The highest BCUT2D eigenvalue weighted by atomic mass is 32.2. The van der Waals surface area contributed by atoms with Crippen molar-refractivity contribution in [2.75, 3.05) is 18.6 Å². The summed E-state index contributed by atoms with van der Waals surface area (Å²) in [5.41, 5.74) is -3.51. The van der Waals surface area contributed by atoms with E-state index in [0.29, 0.717) is 23.2 Å². The Labute approximate surface area is 227 Å². The van der Waals surface area contributed by atoms with E-state index in [4.69, 9.17) is 0 Å². The molecule has 0 spiro atoms. The number of halogens is 5. The number of carbonyl (C=O) groups excluding carboxylic acids is 1. The molecule has 0 amide bonds. The van der Waals surface area contributed by atoms with Gasteiger partial charge in [0.15, 0.2) is 0 Å². The van der Waals surface area contributed by atoms with Gasteiger partial charge in [-0.15, -0.1) is 0 Å². The summed E-state index contributed by atoms with van der Waals surface area (Å²) in [6, 6.07) is 11.9. The number of para-hydroxylation sites is 1. The normalized spacial score (nSPS) is 15.7. The first-order chi connectivity index (χ1) is 18.9. The van der Waals surface area contributed by atoms with E-state index in [1.165, 1.54) is 12.1 Å². The smallest absolute Gasteiger partial charge is 0.466 e. The van der Waals surface area contributed by atoms with E-state index in [1.54, 1.807) is 11.0 Å². The van der Waals surface area contributed by atoms with Crippen molar-refractivity contribution in [2.24, 2.45) is 0 Å². The second-order valence-corrected chi connectivity index (χ2v) is 10.5. The first kappa shape index (κ1) is 29.1. The Morgan fingerprint density at radius 3 is 2.38 bits per heavy atom. The molecule has 1 unspecified atom stereocenters. The Balaban J connectivity index is 1.86. The quantitative estimate of drug-likeness (QED) is 0.111. The molecule has 12 heteroatoms. The minimum absolute atomic E-state index is 0.0711.